The van der Waals surface area contributed by atoms with Crippen molar-refractivity contribution in [1.29, 1.82) is 0 Å². The lowest BCUT2D eigenvalue weighted by Gasteiger charge is -2.29. The van der Waals surface area contributed by atoms with E-state index in [4.69, 9.17) is 4.42 Å². The van der Waals surface area contributed by atoms with E-state index in [0.29, 0.717) is 24.7 Å². The first-order valence-corrected chi connectivity index (χ1v) is 9.65. The van der Waals surface area contributed by atoms with E-state index in [1.807, 2.05) is 30.3 Å². The molecular formula is C20H22N4O4. The summed E-state index contributed by atoms with van der Waals surface area (Å²) in [6, 6.07) is 9.13. The Hall–Kier alpha value is -3.03. The number of likely N-dealkylation sites (tertiary alicyclic amines) is 2. The van der Waals surface area contributed by atoms with Crippen molar-refractivity contribution in [2.75, 3.05) is 13.1 Å². The molecule has 0 aliphatic carbocycles. The van der Waals surface area contributed by atoms with Crippen LogP contribution in [0.3, 0.4) is 0 Å². The average Bonchev–Trinajstić information content (AvgIpc) is 3.23. The van der Waals surface area contributed by atoms with E-state index in [-0.39, 0.29) is 43.1 Å². The van der Waals surface area contributed by atoms with Crippen molar-refractivity contribution in [1.82, 2.24) is 20.0 Å². The normalized spacial score (nSPS) is 20.5. The van der Waals surface area contributed by atoms with Crippen molar-refractivity contribution in [3.8, 4) is 11.5 Å². The van der Waals surface area contributed by atoms with Gasteiger partial charge in [-0.25, -0.2) is 0 Å². The van der Waals surface area contributed by atoms with Crippen LogP contribution in [0.2, 0.25) is 0 Å². The van der Waals surface area contributed by atoms with Gasteiger partial charge in [-0.1, -0.05) is 31.0 Å². The Morgan fingerprint density at radius 1 is 1.04 bits per heavy atom. The topological polar surface area (TPSA) is 96.6 Å². The zero-order valence-electron chi connectivity index (χ0n) is 15.5. The number of rotatable bonds is 4. The van der Waals surface area contributed by atoms with Crippen LogP contribution in [0.25, 0.3) is 11.5 Å². The van der Waals surface area contributed by atoms with Gasteiger partial charge in [0.05, 0.1) is 0 Å². The summed E-state index contributed by atoms with van der Waals surface area (Å²) < 4.78 is 5.89. The van der Waals surface area contributed by atoms with Crippen LogP contribution in [0.5, 0.6) is 0 Å². The van der Waals surface area contributed by atoms with Gasteiger partial charge in [0.2, 0.25) is 29.5 Å². The highest BCUT2D eigenvalue weighted by molar-refractivity contribution is 6.04. The molecule has 0 saturated carbocycles. The Labute approximate surface area is 162 Å². The molecule has 0 radical (unpaired) electrons. The van der Waals surface area contributed by atoms with E-state index in [0.717, 1.165) is 29.7 Å². The lowest BCUT2D eigenvalue weighted by molar-refractivity contribution is -0.146. The number of aromatic nitrogens is 2. The molecule has 1 atom stereocenters. The number of benzene rings is 1. The van der Waals surface area contributed by atoms with E-state index in [9.17, 15) is 14.4 Å². The number of hydrogen-bond acceptors (Lipinski definition) is 6. The number of nitrogens with zero attached hydrogens (tertiary/aromatic N) is 4. The van der Waals surface area contributed by atoms with Crippen LogP contribution < -0.4 is 0 Å². The molecule has 0 bridgehead atoms. The van der Waals surface area contributed by atoms with Crippen LogP contribution in [0.15, 0.2) is 34.7 Å². The van der Waals surface area contributed by atoms with Crippen LogP contribution in [0.1, 0.15) is 50.5 Å². The lowest BCUT2D eigenvalue weighted by Crippen LogP contribution is -2.44. The van der Waals surface area contributed by atoms with Crippen molar-refractivity contribution < 1.29 is 18.8 Å². The van der Waals surface area contributed by atoms with Crippen LogP contribution in [0.4, 0.5) is 0 Å². The number of amides is 3. The van der Waals surface area contributed by atoms with Crippen molar-refractivity contribution in [2.24, 2.45) is 0 Å². The predicted molar refractivity (Wildman–Crippen MR) is 98.6 cm³/mol. The Morgan fingerprint density at radius 2 is 1.79 bits per heavy atom. The third kappa shape index (κ3) is 3.67. The second-order valence-corrected chi connectivity index (χ2v) is 7.14. The molecule has 0 spiro atoms. The lowest BCUT2D eigenvalue weighted by atomic mass is 10.1. The molecule has 146 valence electrons. The molecule has 1 aromatic carbocycles. The zero-order valence-corrected chi connectivity index (χ0v) is 15.5. The van der Waals surface area contributed by atoms with Gasteiger partial charge in [-0.2, -0.15) is 0 Å². The number of imide groups is 1. The van der Waals surface area contributed by atoms with Crippen molar-refractivity contribution >= 4 is 17.7 Å². The van der Waals surface area contributed by atoms with Crippen molar-refractivity contribution in [3.05, 3.63) is 36.2 Å². The number of hydrogen-bond donors (Lipinski definition) is 0. The average molecular weight is 382 g/mol. The maximum absolute atomic E-state index is 12.9. The van der Waals surface area contributed by atoms with E-state index < -0.39 is 0 Å². The SMILES string of the molecule is O=C1CCC(=O)N1CC(=O)N1CCCCCC1c1nnc(-c2ccccc2)o1. The summed E-state index contributed by atoms with van der Waals surface area (Å²) in [5, 5.41) is 8.33. The first kappa shape index (κ1) is 18.3. The molecular weight excluding hydrogens is 360 g/mol. The quantitative estimate of drug-likeness (QED) is 0.753. The van der Waals surface area contributed by atoms with E-state index in [2.05, 4.69) is 10.2 Å². The second kappa shape index (κ2) is 7.92. The van der Waals surface area contributed by atoms with Gasteiger partial charge in [-0.05, 0) is 25.0 Å². The molecule has 8 heteroatoms. The van der Waals surface area contributed by atoms with Gasteiger partial charge in [0.1, 0.15) is 12.6 Å². The van der Waals surface area contributed by atoms with Gasteiger partial charge in [0, 0.05) is 24.9 Å². The molecule has 2 aliphatic rings. The fourth-order valence-electron chi connectivity index (χ4n) is 3.76. The minimum atomic E-state index is -0.340. The summed E-state index contributed by atoms with van der Waals surface area (Å²) in [7, 11) is 0. The molecule has 28 heavy (non-hydrogen) atoms. The molecule has 1 unspecified atom stereocenters. The van der Waals surface area contributed by atoms with E-state index in [1.165, 1.54) is 0 Å². The Kier molecular flexibility index (Phi) is 5.18. The van der Waals surface area contributed by atoms with Gasteiger partial charge in [0.25, 0.3) is 0 Å². The number of carbonyl (C=O) groups excluding carboxylic acids is 3. The Balaban J connectivity index is 1.55. The zero-order chi connectivity index (χ0) is 19.5. The second-order valence-electron chi connectivity index (χ2n) is 7.14. The molecule has 3 heterocycles. The molecule has 2 fully saturated rings. The van der Waals surface area contributed by atoms with Gasteiger partial charge < -0.3 is 9.32 Å². The molecule has 3 amide bonds. The summed E-state index contributed by atoms with van der Waals surface area (Å²) in [6.45, 7) is 0.330. The van der Waals surface area contributed by atoms with E-state index >= 15 is 0 Å². The summed E-state index contributed by atoms with van der Waals surface area (Å²) in [5.74, 6) is -0.0111. The van der Waals surface area contributed by atoms with Gasteiger partial charge in [-0.3, -0.25) is 19.3 Å². The summed E-state index contributed by atoms with van der Waals surface area (Å²) in [6.07, 6.45) is 3.88. The summed E-state index contributed by atoms with van der Waals surface area (Å²) >= 11 is 0. The number of carbonyl (C=O) groups is 3. The third-order valence-electron chi connectivity index (χ3n) is 5.27. The molecule has 4 rings (SSSR count). The summed E-state index contributed by atoms with van der Waals surface area (Å²) in [5.41, 5.74) is 0.820. The van der Waals surface area contributed by atoms with Crippen molar-refractivity contribution in [2.45, 2.75) is 44.6 Å². The Bertz CT molecular complexity index is 863. The highest BCUT2D eigenvalue weighted by Gasteiger charge is 2.35. The molecule has 2 aromatic rings. The largest absolute Gasteiger partial charge is 0.418 e. The summed E-state index contributed by atoms with van der Waals surface area (Å²) in [4.78, 5) is 39.5. The van der Waals surface area contributed by atoms with Gasteiger partial charge in [-0.15, -0.1) is 10.2 Å². The van der Waals surface area contributed by atoms with Crippen LogP contribution in [-0.2, 0) is 14.4 Å². The smallest absolute Gasteiger partial charge is 0.247 e. The maximum atomic E-state index is 12.9. The van der Waals surface area contributed by atoms with Gasteiger partial charge >= 0.3 is 0 Å². The molecule has 8 nitrogen and oxygen atoms in total. The maximum Gasteiger partial charge on any atom is 0.247 e. The van der Waals surface area contributed by atoms with Crippen molar-refractivity contribution in [3.63, 3.8) is 0 Å². The monoisotopic (exact) mass is 382 g/mol. The van der Waals surface area contributed by atoms with Crippen LogP contribution >= 0.6 is 0 Å². The fraction of sp³-hybridized carbons (Fsp3) is 0.450. The highest BCUT2D eigenvalue weighted by atomic mass is 16.4. The Morgan fingerprint density at radius 3 is 2.54 bits per heavy atom. The fourth-order valence-corrected chi connectivity index (χ4v) is 3.76. The third-order valence-corrected chi connectivity index (χ3v) is 5.27. The molecule has 0 N–H and O–H groups in total. The van der Waals surface area contributed by atoms with E-state index in [1.54, 1.807) is 4.90 Å². The first-order valence-electron chi connectivity index (χ1n) is 9.65. The minimum absolute atomic E-state index is 0.180. The van der Waals surface area contributed by atoms with Crippen LogP contribution in [0, 0.1) is 0 Å². The standard InChI is InChI=1S/C20H22N4O4/c25-16-10-11-17(26)24(16)13-18(27)23-12-6-2-5-9-15(23)20-22-21-19(28-20)14-7-3-1-4-8-14/h1,3-4,7-8,15H,2,5-6,9-13H2. The van der Waals surface area contributed by atoms with Crippen LogP contribution in [-0.4, -0.2) is 50.8 Å². The highest BCUT2D eigenvalue weighted by Crippen LogP contribution is 2.31. The molecule has 2 aliphatic heterocycles. The first-order chi connectivity index (χ1) is 13.6. The predicted octanol–water partition coefficient (Wildman–Crippen LogP) is 2.33. The molecule has 2 saturated heterocycles. The minimum Gasteiger partial charge on any atom is -0.418 e. The van der Waals surface area contributed by atoms with Gasteiger partial charge in [0.15, 0.2) is 0 Å². The molecule has 1 aromatic heterocycles.